The average molecular weight is 708 g/mol. The molecule has 0 spiro atoms. The highest BCUT2D eigenvalue weighted by molar-refractivity contribution is 6.19. The molecule has 4 aromatic rings. The molecule has 268 valence electrons. The van der Waals surface area contributed by atoms with Gasteiger partial charge >= 0.3 is 5.97 Å². The van der Waals surface area contributed by atoms with Crippen molar-refractivity contribution in [3.8, 4) is 12.1 Å². The molecule has 0 bridgehead atoms. The van der Waals surface area contributed by atoms with E-state index >= 15 is 0 Å². The van der Waals surface area contributed by atoms with E-state index in [4.69, 9.17) is 9.47 Å². The Hall–Kier alpha value is -6.03. The van der Waals surface area contributed by atoms with E-state index in [-0.39, 0.29) is 25.1 Å². The number of ether oxygens (including phenoxy) is 2. The highest BCUT2D eigenvalue weighted by atomic mass is 16.5. The van der Waals surface area contributed by atoms with E-state index in [0.717, 1.165) is 60.9 Å². The zero-order valence-corrected chi connectivity index (χ0v) is 31.0. The lowest BCUT2D eigenvalue weighted by molar-refractivity contribution is -0.435. The molecule has 0 aliphatic carbocycles. The fraction of sp³-hybridized carbons (Fsp3) is 0.295. The summed E-state index contributed by atoms with van der Waals surface area (Å²) >= 11 is 0. The van der Waals surface area contributed by atoms with Gasteiger partial charge in [0.15, 0.2) is 12.3 Å². The predicted molar refractivity (Wildman–Crippen MR) is 206 cm³/mol. The van der Waals surface area contributed by atoms with E-state index in [1.54, 1.807) is 19.3 Å². The minimum Gasteiger partial charge on any atom is -0.481 e. The first-order chi connectivity index (χ1) is 25.4. The molecule has 0 amide bonds. The summed E-state index contributed by atoms with van der Waals surface area (Å²) in [6, 6.07) is 27.3. The summed E-state index contributed by atoms with van der Waals surface area (Å²) < 4.78 is 12.6. The molecule has 4 aromatic carbocycles. The van der Waals surface area contributed by atoms with Gasteiger partial charge in [-0.3, -0.25) is 9.59 Å². The zero-order chi connectivity index (χ0) is 38.1. The van der Waals surface area contributed by atoms with Crippen LogP contribution in [-0.4, -0.2) is 54.6 Å². The molecule has 0 aromatic heterocycles. The van der Waals surface area contributed by atoms with Crippen LogP contribution in [0.4, 0.5) is 11.4 Å². The van der Waals surface area contributed by atoms with Crippen molar-refractivity contribution in [3.05, 3.63) is 118 Å². The van der Waals surface area contributed by atoms with Gasteiger partial charge in [-0.25, -0.2) is 0 Å². The molecule has 2 aliphatic rings. The third-order valence-electron chi connectivity index (χ3n) is 10.5. The van der Waals surface area contributed by atoms with Gasteiger partial charge in [0.2, 0.25) is 5.69 Å². The number of hydrogen-bond acceptors (Lipinski definition) is 7. The Morgan fingerprint density at radius 1 is 0.925 bits per heavy atom. The zero-order valence-electron chi connectivity index (χ0n) is 31.0. The molecule has 2 heterocycles. The molecule has 0 saturated heterocycles. The number of nitriles is 2. The number of nitrogens with zero attached hydrogens (tertiary/aromatic N) is 4. The van der Waals surface area contributed by atoms with Crippen LogP contribution >= 0.6 is 0 Å². The molecule has 0 fully saturated rings. The fourth-order valence-electron chi connectivity index (χ4n) is 8.52. The lowest BCUT2D eigenvalue weighted by Crippen LogP contribution is -2.31. The number of carboxylic acid groups (broad SMARTS) is 1. The number of carboxylic acids is 1. The molecule has 0 saturated carbocycles. The normalized spacial score (nSPS) is 17.0. The van der Waals surface area contributed by atoms with Crippen LogP contribution in [0.1, 0.15) is 57.7 Å². The van der Waals surface area contributed by atoms with Crippen LogP contribution in [0.5, 0.6) is 0 Å². The van der Waals surface area contributed by atoms with Gasteiger partial charge in [0, 0.05) is 35.0 Å². The summed E-state index contributed by atoms with van der Waals surface area (Å²) in [7, 11) is 1.64. The lowest BCUT2D eigenvalue weighted by atomic mass is 9.76. The molecule has 0 unspecified atom stereocenters. The Labute approximate surface area is 310 Å². The maximum Gasteiger partial charge on any atom is 0.309 e. The number of carbonyl (C=O) groups excluding carboxylic acids is 1. The van der Waals surface area contributed by atoms with Crippen molar-refractivity contribution in [3.63, 3.8) is 0 Å². The summed E-state index contributed by atoms with van der Waals surface area (Å²) in [5.41, 5.74) is 6.70. The summed E-state index contributed by atoms with van der Waals surface area (Å²) in [5.74, 6) is -0.900. The van der Waals surface area contributed by atoms with E-state index in [9.17, 15) is 25.2 Å². The van der Waals surface area contributed by atoms with Crippen molar-refractivity contribution in [2.75, 3.05) is 31.7 Å². The van der Waals surface area contributed by atoms with Crippen LogP contribution in [-0.2, 0) is 36.5 Å². The Morgan fingerprint density at radius 3 is 2.21 bits per heavy atom. The third-order valence-corrected chi connectivity index (χ3v) is 10.5. The molecule has 53 heavy (non-hydrogen) atoms. The number of anilines is 1. The van der Waals surface area contributed by atoms with Gasteiger partial charge in [0.25, 0.3) is 6.47 Å². The lowest BCUT2D eigenvalue weighted by Gasteiger charge is -2.27. The molecule has 0 radical (unpaired) electrons. The molecular formula is C44H43N4O5+. The number of carbonyl (C=O) groups is 2. The monoisotopic (exact) mass is 707 g/mol. The van der Waals surface area contributed by atoms with Gasteiger partial charge in [-0.1, -0.05) is 68.4 Å². The number of rotatable bonds is 12. The standard InChI is InChI=1S/C44H42N4O5/c1-28(41-44(4,5)39-34-13-9-7-11-32(34)33-12-8-10-14-35(33)40(39)48(41)18-17-38(50)51)21-30(24-45)22-31(25-46)42-43(2,3)36-23-29(26-52-6)15-16-37(36)47(42)19-20-53-27-49/h7-16,21-23,27H,17-20,26H2,1-6H3/p+1. The highest BCUT2D eigenvalue weighted by Gasteiger charge is 2.49. The van der Waals surface area contributed by atoms with Crippen LogP contribution in [0.3, 0.4) is 0 Å². The Balaban J connectivity index is 1.55. The van der Waals surface area contributed by atoms with Crippen molar-refractivity contribution in [1.29, 1.82) is 10.5 Å². The van der Waals surface area contributed by atoms with Crippen LogP contribution in [0.2, 0.25) is 0 Å². The van der Waals surface area contributed by atoms with E-state index in [0.29, 0.717) is 30.9 Å². The molecule has 9 heteroatoms. The fourth-order valence-corrected chi connectivity index (χ4v) is 8.52. The first-order valence-electron chi connectivity index (χ1n) is 17.6. The maximum absolute atomic E-state index is 12.0. The molecule has 1 N–H and O–H groups in total. The predicted octanol–water partition coefficient (Wildman–Crippen LogP) is 8.14. The topological polar surface area (TPSA) is 127 Å². The molecule has 2 aliphatic heterocycles. The van der Waals surface area contributed by atoms with Gasteiger partial charge in [0.05, 0.1) is 41.2 Å². The number of hydrogen-bond donors (Lipinski definition) is 1. The van der Waals surface area contributed by atoms with Crippen molar-refractivity contribution in [2.45, 2.75) is 58.5 Å². The number of aliphatic carboxylic acids is 1. The largest absolute Gasteiger partial charge is 0.481 e. The van der Waals surface area contributed by atoms with Gasteiger partial charge in [-0.05, 0) is 72.3 Å². The number of methoxy groups -OCH3 is 1. The summed E-state index contributed by atoms with van der Waals surface area (Å²) in [6.45, 7) is 11.8. The minimum atomic E-state index is -0.900. The van der Waals surface area contributed by atoms with Crippen molar-refractivity contribution in [2.24, 2.45) is 0 Å². The van der Waals surface area contributed by atoms with Gasteiger partial charge < -0.3 is 19.5 Å². The number of benzene rings is 4. The summed E-state index contributed by atoms with van der Waals surface area (Å²) in [4.78, 5) is 25.1. The Bertz CT molecular complexity index is 2380. The quantitative estimate of drug-likeness (QED) is 0.0391. The van der Waals surface area contributed by atoms with E-state index in [2.05, 4.69) is 60.9 Å². The number of fused-ring (bicyclic) bond motifs is 7. The smallest absolute Gasteiger partial charge is 0.309 e. The van der Waals surface area contributed by atoms with Gasteiger partial charge in [-0.15, -0.1) is 0 Å². The first-order valence-corrected chi connectivity index (χ1v) is 17.6. The van der Waals surface area contributed by atoms with E-state index in [1.165, 1.54) is 0 Å². The van der Waals surface area contributed by atoms with Crippen LogP contribution < -0.4 is 4.90 Å². The van der Waals surface area contributed by atoms with Crippen LogP contribution in [0, 0.1) is 22.7 Å². The molecule has 6 rings (SSSR count). The van der Waals surface area contributed by atoms with E-state index in [1.807, 2.05) is 62.1 Å². The van der Waals surface area contributed by atoms with E-state index < -0.39 is 16.8 Å². The Kier molecular flexibility index (Phi) is 10.1. The summed E-state index contributed by atoms with van der Waals surface area (Å²) in [5, 5.41) is 35.5. The second-order valence-corrected chi connectivity index (χ2v) is 14.5. The minimum absolute atomic E-state index is 0.0789. The SMILES string of the molecule is COCc1ccc2c(c1)C(C)(C)/C(=C(C#N)/C=C(C#N)/C=C(\C)C1=[N+](CCC(=O)O)c3c(c4ccccc4c4ccccc34)C1(C)C)N2CCOC=O. The van der Waals surface area contributed by atoms with Gasteiger partial charge in [-0.2, -0.15) is 15.1 Å². The summed E-state index contributed by atoms with van der Waals surface area (Å²) in [6.07, 6.45) is 3.34. The molecule has 9 nitrogen and oxygen atoms in total. The van der Waals surface area contributed by atoms with Crippen molar-refractivity contribution < 1.29 is 28.7 Å². The third kappa shape index (κ3) is 6.39. The average Bonchev–Trinajstić information content (AvgIpc) is 3.51. The van der Waals surface area contributed by atoms with Crippen LogP contribution in [0.25, 0.3) is 21.5 Å². The van der Waals surface area contributed by atoms with Crippen molar-refractivity contribution >= 4 is 51.1 Å². The Morgan fingerprint density at radius 2 is 1.58 bits per heavy atom. The van der Waals surface area contributed by atoms with Crippen molar-refractivity contribution in [1.82, 2.24) is 0 Å². The molecule has 0 atom stereocenters. The highest BCUT2D eigenvalue weighted by Crippen LogP contribution is 2.51. The van der Waals surface area contributed by atoms with Crippen LogP contribution in [0.15, 0.2) is 101 Å². The second kappa shape index (κ2) is 14.5. The first kappa shape index (κ1) is 36.8. The van der Waals surface area contributed by atoms with Gasteiger partial charge in [0.1, 0.15) is 19.1 Å². The number of allylic oxidation sites excluding steroid dienone is 6. The molecular weight excluding hydrogens is 665 g/mol. The maximum atomic E-state index is 12.0. The second-order valence-electron chi connectivity index (χ2n) is 14.5.